The third kappa shape index (κ3) is 0.981. The summed E-state index contributed by atoms with van der Waals surface area (Å²) in [6, 6.07) is -0.968. The van der Waals surface area contributed by atoms with E-state index in [0.29, 0.717) is 4.90 Å². The number of carbonyl (C=O) groups excluding carboxylic acids is 4. The number of likely N-dealkylation sites (N-methyl/N-ethyl adjacent to an activating group) is 1. The summed E-state index contributed by atoms with van der Waals surface area (Å²) in [5, 5.41) is -1.05. The van der Waals surface area contributed by atoms with Gasteiger partial charge in [-0.3, -0.25) is 19.3 Å². The standard InChI is InChI=1S/C5H4N2O4S/c1-6-2(8)3(9)7(4(6)10)5(11)12/h1H3,(H,11,12). The van der Waals surface area contributed by atoms with Crippen LogP contribution in [-0.4, -0.2) is 39.9 Å². The summed E-state index contributed by atoms with van der Waals surface area (Å²) < 4.78 is 0. The molecule has 0 aromatic rings. The molecule has 0 radical (unpaired) electrons. The van der Waals surface area contributed by atoms with Crippen LogP contribution in [0.5, 0.6) is 0 Å². The van der Waals surface area contributed by atoms with E-state index in [9.17, 15) is 19.2 Å². The highest BCUT2D eigenvalue weighted by Crippen LogP contribution is 2.11. The van der Waals surface area contributed by atoms with Gasteiger partial charge in [0.25, 0.3) is 5.24 Å². The fourth-order valence-corrected chi connectivity index (χ4v) is 0.908. The normalized spacial score (nSPS) is 17.7. The van der Waals surface area contributed by atoms with Gasteiger partial charge in [0.2, 0.25) is 0 Å². The van der Waals surface area contributed by atoms with Gasteiger partial charge in [-0.1, -0.05) is 12.6 Å². The van der Waals surface area contributed by atoms with Crippen molar-refractivity contribution in [2.24, 2.45) is 0 Å². The van der Waals surface area contributed by atoms with Crippen molar-refractivity contribution in [1.29, 1.82) is 0 Å². The minimum Gasteiger partial charge on any atom is -0.263 e. The van der Waals surface area contributed by atoms with Crippen molar-refractivity contribution in [3.8, 4) is 0 Å². The van der Waals surface area contributed by atoms with Gasteiger partial charge in [-0.2, -0.15) is 4.90 Å². The van der Waals surface area contributed by atoms with E-state index in [1.165, 1.54) is 0 Å². The molecule has 7 heteroatoms. The van der Waals surface area contributed by atoms with Crippen LogP contribution < -0.4 is 0 Å². The Bertz CT molecular complexity index is 300. The van der Waals surface area contributed by atoms with Crippen molar-refractivity contribution in [2.45, 2.75) is 0 Å². The SMILES string of the molecule is CN1C(=O)C(=O)N(C(=O)S)C1=O. The molecule has 64 valence electrons. The molecule has 0 unspecified atom stereocenters. The number of hydrogen-bond donors (Lipinski definition) is 1. The van der Waals surface area contributed by atoms with Gasteiger partial charge in [-0.25, -0.2) is 4.79 Å². The molecule has 0 aliphatic carbocycles. The molecular weight excluding hydrogens is 184 g/mol. The minimum absolute atomic E-state index is 0.172. The van der Waals surface area contributed by atoms with Crippen molar-refractivity contribution in [1.82, 2.24) is 9.80 Å². The fourth-order valence-electron chi connectivity index (χ4n) is 0.732. The lowest BCUT2D eigenvalue weighted by molar-refractivity contribution is -0.141. The second-order valence-electron chi connectivity index (χ2n) is 2.07. The van der Waals surface area contributed by atoms with Crippen molar-refractivity contribution in [2.75, 3.05) is 7.05 Å². The molecule has 0 saturated carbocycles. The van der Waals surface area contributed by atoms with Gasteiger partial charge in [0.1, 0.15) is 0 Å². The first-order valence-electron chi connectivity index (χ1n) is 2.86. The van der Waals surface area contributed by atoms with Gasteiger partial charge >= 0.3 is 17.8 Å². The number of carbonyl (C=O) groups is 4. The molecule has 1 aliphatic rings. The molecule has 1 aliphatic heterocycles. The molecule has 1 saturated heterocycles. The Balaban J connectivity index is 3.07. The van der Waals surface area contributed by atoms with Gasteiger partial charge in [-0.05, 0) is 0 Å². The van der Waals surface area contributed by atoms with Crippen LogP contribution in [0.4, 0.5) is 9.59 Å². The van der Waals surface area contributed by atoms with Gasteiger partial charge in [-0.15, -0.1) is 0 Å². The Labute approximate surface area is 72.5 Å². The Morgan fingerprint density at radius 2 is 1.75 bits per heavy atom. The zero-order valence-corrected chi connectivity index (χ0v) is 6.87. The van der Waals surface area contributed by atoms with Crippen molar-refractivity contribution >= 4 is 35.7 Å². The van der Waals surface area contributed by atoms with Crippen LogP contribution in [-0.2, 0) is 9.59 Å². The van der Waals surface area contributed by atoms with E-state index in [1.54, 1.807) is 0 Å². The average Bonchev–Trinajstić information content (AvgIpc) is 2.16. The van der Waals surface area contributed by atoms with E-state index in [4.69, 9.17) is 0 Å². The number of imide groups is 4. The highest BCUT2D eigenvalue weighted by atomic mass is 32.1. The predicted octanol–water partition coefficient (Wildman–Crippen LogP) is -0.543. The summed E-state index contributed by atoms with van der Waals surface area (Å²) in [4.78, 5) is 43.7. The average molecular weight is 188 g/mol. The molecule has 0 aromatic heterocycles. The van der Waals surface area contributed by atoms with Crippen LogP contribution in [0.3, 0.4) is 0 Å². The number of hydrogen-bond acceptors (Lipinski definition) is 4. The highest BCUT2D eigenvalue weighted by Gasteiger charge is 2.45. The highest BCUT2D eigenvalue weighted by molar-refractivity contribution is 7.96. The third-order valence-electron chi connectivity index (χ3n) is 1.36. The lowest BCUT2D eigenvalue weighted by atomic mass is 10.6. The van der Waals surface area contributed by atoms with Gasteiger partial charge in [0.05, 0.1) is 0 Å². The lowest BCUT2D eigenvalue weighted by Gasteiger charge is -2.05. The molecule has 1 fully saturated rings. The van der Waals surface area contributed by atoms with Crippen molar-refractivity contribution in [3.05, 3.63) is 0 Å². The molecule has 6 nitrogen and oxygen atoms in total. The second-order valence-corrected chi connectivity index (χ2v) is 2.45. The summed E-state index contributed by atoms with van der Waals surface area (Å²) in [6.45, 7) is 0. The second kappa shape index (κ2) is 2.59. The van der Waals surface area contributed by atoms with E-state index in [-0.39, 0.29) is 4.90 Å². The summed E-state index contributed by atoms with van der Waals surface area (Å²) in [6.07, 6.45) is 0. The Kier molecular flexibility index (Phi) is 1.89. The van der Waals surface area contributed by atoms with Crippen molar-refractivity contribution < 1.29 is 19.2 Å². The van der Waals surface area contributed by atoms with E-state index in [0.717, 1.165) is 7.05 Å². The summed E-state index contributed by atoms with van der Waals surface area (Å²) in [5.41, 5.74) is 0. The lowest BCUT2D eigenvalue weighted by Crippen LogP contribution is -2.33. The molecule has 1 rings (SSSR count). The molecule has 1 heterocycles. The monoisotopic (exact) mass is 188 g/mol. The topological polar surface area (TPSA) is 74.8 Å². The fraction of sp³-hybridized carbons (Fsp3) is 0.200. The molecule has 5 amide bonds. The summed E-state index contributed by atoms with van der Waals surface area (Å²) >= 11 is 3.26. The van der Waals surface area contributed by atoms with Crippen LogP contribution in [0.15, 0.2) is 0 Å². The van der Waals surface area contributed by atoms with Gasteiger partial charge in [0, 0.05) is 7.05 Å². The first-order chi connectivity index (χ1) is 5.46. The summed E-state index contributed by atoms with van der Waals surface area (Å²) in [7, 11) is 1.11. The number of rotatable bonds is 0. The molecule has 0 aromatic carbocycles. The molecule has 0 N–H and O–H groups in total. The van der Waals surface area contributed by atoms with Crippen LogP contribution in [0.25, 0.3) is 0 Å². The third-order valence-corrected chi connectivity index (χ3v) is 1.56. The van der Waals surface area contributed by atoms with Gasteiger partial charge < -0.3 is 0 Å². The van der Waals surface area contributed by atoms with Gasteiger partial charge in [0.15, 0.2) is 0 Å². The Morgan fingerprint density at radius 3 is 1.92 bits per heavy atom. The predicted molar refractivity (Wildman–Crippen MR) is 39.4 cm³/mol. The van der Waals surface area contributed by atoms with E-state index < -0.39 is 23.1 Å². The number of thiol groups is 1. The van der Waals surface area contributed by atoms with E-state index in [1.807, 2.05) is 0 Å². The maximum Gasteiger partial charge on any atom is 0.341 e. The number of nitrogens with zero attached hydrogens (tertiary/aromatic N) is 2. The molecule has 0 spiro atoms. The zero-order valence-electron chi connectivity index (χ0n) is 5.97. The van der Waals surface area contributed by atoms with Crippen LogP contribution in [0.1, 0.15) is 0 Å². The smallest absolute Gasteiger partial charge is 0.263 e. The molecule has 0 atom stereocenters. The summed E-state index contributed by atoms with van der Waals surface area (Å²) in [5.74, 6) is -2.19. The molecule has 12 heavy (non-hydrogen) atoms. The van der Waals surface area contributed by atoms with Crippen LogP contribution in [0.2, 0.25) is 0 Å². The molecular formula is C5H4N2O4S. The largest absolute Gasteiger partial charge is 0.341 e. The molecule has 0 bridgehead atoms. The first kappa shape index (κ1) is 8.72. The Morgan fingerprint density at radius 1 is 1.25 bits per heavy atom. The Hall–Kier alpha value is -1.37. The number of amides is 5. The maximum absolute atomic E-state index is 10.9. The van der Waals surface area contributed by atoms with E-state index in [2.05, 4.69) is 12.6 Å². The van der Waals surface area contributed by atoms with Crippen LogP contribution >= 0.6 is 12.6 Å². The van der Waals surface area contributed by atoms with E-state index >= 15 is 0 Å². The quantitative estimate of drug-likeness (QED) is 0.314. The maximum atomic E-state index is 10.9. The number of urea groups is 1. The van der Waals surface area contributed by atoms with Crippen molar-refractivity contribution in [3.63, 3.8) is 0 Å². The first-order valence-corrected chi connectivity index (χ1v) is 3.30. The minimum atomic E-state index is -1.16. The van der Waals surface area contributed by atoms with Crippen LogP contribution in [0, 0.1) is 0 Å². The zero-order chi connectivity index (χ0) is 9.46.